The molecular formula is C19H21N. The second kappa shape index (κ2) is 5.16. The highest BCUT2D eigenvalue weighted by atomic mass is 15.1. The number of hydrogen-bond donors (Lipinski definition) is 0. The van der Waals surface area contributed by atoms with E-state index in [0.29, 0.717) is 6.04 Å². The SMILES string of the molecule is Cc1ccc(C2CC(c3ccccc3)=CN2C)cc1C. The van der Waals surface area contributed by atoms with Gasteiger partial charge < -0.3 is 4.90 Å². The van der Waals surface area contributed by atoms with E-state index < -0.39 is 0 Å². The summed E-state index contributed by atoms with van der Waals surface area (Å²) in [5.41, 5.74) is 6.93. The Kier molecular flexibility index (Phi) is 3.35. The van der Waals surface area contributed by atoms with Gasteiger partial charge in [0.15, 0.2) is 0 Å². The molecule has 0 fully saturated rings. The number of aryl methyl sites for hydroxylation is 2. The number of rotatable bonds is 2. The molecule has 1 nitrogen and oxygen atoms in total. The highest BCUT2D eigenvalue weighted by molar-refractivity contribution is 5.68. The van der Waals surface area contributed by atoms with Crippen LogP contribution in [0.3, 0.4) is 0 Å². The van der Waals surface area contributed by atoms with Crippen molar-refractivity contribution in [2.24, 2.45) is 0 Å². The van der Waals surface area contributed by atoms with Crippen LogP contribution in [-0.2, 0) is 0 Å². The molecule has 1 heteroatoms. The number of hydrogen-bond acceptors (Lipinski definition) is 1. The molecule has 1 aliphatic heterocycles. The zero-order chi connectivity index (χ0) is 14.1. The molecule has 0 radical (unpaired) electrons. The Morgan fingerprint density at radius 1 is 0.950 bits per heavy atom. The smallest absolute Gasteiger partial charge is 0.0574 e. The maximum atomic E-state index is 2.34. The molecule has 20 heavy (non-hydrogen) atoms. The molecule has 0 aromatic heterocycles. The normalized spacial score (nSPS) is 18.2. The average molecular weight is 263 g/mol. The maximum Gasteiger partial charge on any atom is 0.0574 e. The zero-order valence-corrected chi connectivity index (χ0v) is 12.4. The van der Waals surface area contributed by atoms with Gasteiger partial charge in [-0.2, -0.15) is 0 Å². The topological polar surface area (TPSA) is 3.24 Å². The van der Waals surface area contributed by atoms with Crippen LogP contribution in [0.5, 0.6) is 0 Å². The van der Waals surface area contributed by atoms with Crippen molar-refractivity contribution < 1.29 is 0 Å². The van der Waals surface area contributed by atoms with E-state index in [1.54, 1.807) is 0 Å². The Hall–Kier alpha value is -2.02. The minimum Gasteiger partial charge on any atom is -0.373 e. The third-order valence-electron chi connectivity index (χ3n) is 4.32. The molecule has 0 aliphatic carbocycles. The van der Waals surface area contributed by atoms with Gasteiger partial charge in [-0.15, -0.1) is 0 Å². The highest BCUT2D eigenvalue weighted by Gasteiger charge is 2.24. The van der Waals surface area contributed by atoms with Crippen molar-refractivity contribution in [1.29, 1.82) is 0 Å². The van der Waals surface area contributed by atoms with Crippen LogP contribution in [0.2, 0.25) is 0 Å². The van der Waals surface area contributed by atoms with E-state index in [9.17, 15) is 0 Å². The summed E-state index contributed by atoms with van der Waals surface area (Å²) in [6.45, 7) is 4.37. The van der Waals surface area contributed by atoms with Crippen molar-refractivity contribution in [3.05, 3.63) is 77.0 Å². The fourth-order valence-electron chi connectivity index (χ4n) is 2.91. The van der Waals surface area contributed by atoms with Crippen molar-refractivity contribution in [3.63, 3.8) is 0 Å². The lowest BCUT2D eigenvalue weighted by Crippen LogP contribution is -2.14. The predicted molar refractivity (Wildman–Crippen MR) is 85.5 cm³/mol. The van der Waals surface area contributed by atoms with Crippen LogP contribution in [0.25, 0.3) is 5.57 Å². The van der Waals surface area contributed by atoms with E-state index in [1.807, 2.05) is 0 Å². The summed E-state index contributed by atoms with van der Waals surface area (Å²) in [7, 11) is 2.18. The Balaban J connectivity index is 1.86. The zero-order valence-electron chi connectivity index (χ0n) is 12.4. The first kappa shape index (κ1) is 13.0. The lowest BCUT2D eigenvalue weighted by molar-refractivity contribution is 0.368. The summed E-state index contributed by atoms with van der Waals surface area (Å²) in [5.74, 6) is 0. The van der Waals surface area contributed by atoms with E-state index in [2.05, 4.69) is 80.5 Å². The van der Waals surface area contributed by atoms with Crippen molar-refractivity contribution in [2.45, 2.75) is 26.3 Å². The first-order chi connectivity index (χ1) is 9.65. The van der Waals surface area contributed by atoms with Crippen LogP contribution in [0.4, 0.5) is 0 Å². The van der Waals surface area contributed by atoms with Gasteiger partial charge in [-0.05, 0) is 48.1 Å². The van der Waals surface area contributed by atoms with Crippen molar-refractivity contribution >= 4 is 5.57 Å². The molecule has 0 spiro atoms. The highest BCUT2D eigenvalue weighted by Crippen LogP contribution is 2.38. The Bertz CT molecular complexity index is 640. The second-order valence-corrected chi connectivity index (χ2v) is 5.75. The third-order valence-corrected chi connectivity index (χ3v) is 4.32. The molecule has 0 saturated carbocycles. The summed E-state index contributed by atoms with van der Waals surface area (Å²) in [4.78, 5) is 2.34. The van der Waals surface area contributed by atoms with Gasteiger partial charge >= 0.3 is 0 Å². The summed E-state index contributed by atoms with van der Waals surface area (Å²) in [5, 5.41) is 0. The molecule has 1 aliphatic rings. The average Bonchev–Trinajstić information content (AvgIpc) is 2.85. The van der Waals surface area contributed by atoms with Gasteiger partial charge in [0.1, 0.15) is 0 Å². The Morgan fingerprint density at radius 3 is 2.40 bits per heavy atom. The Labute approximate surface area is 121 Å². The molecule has 0 bridgehead atoms. The van der Waals surface area contributed by atoms with Gasteiger partial charge in [-0.3, -0.25) is 0 Å². The molecule has 0 amide bonds. The van der Waals surface area contributed by atoms with E-state index in [4.69, 9.17) is 0 Å². The van der Waals surface area contributed by atoms with E-state index in [1.165, 1.54) is 27.8 Å². The minimum absolute atomic E-state index is 0.463. The molecule has 1 unspecified atom stereocenters. The quantitative estimate of drug-likeness (QED) is 0.757. The first-order valence-corrected chi connectivity index (χ1v) is 7.20. The van der Waals surface area contributed by atoms with Gasteiger partial charge in [-0.25, -0.2) is 0 Å². The molecule has 0 N–H and O–H groups in total. The fraction of sp³-hybridized carbons (Fsp3) is 0.263. The van der Waals surface area contributed by atoms with Gasteiger partial charge in [0.05, 0.1) is 6.04 Å². The summed E-state index contributed by atoms with van der Waals surface area (Å²) in [6.07, 6.45) is 3.37. The maximum absolute atomic E-state index is 2.34. The second-order valence-electron chi connectivity index (χ2n) is 5.75. The number of nitrogens with zero attached hydrogens (tertiary/aromatic N) is 1. The van der Waals surface area contributed by atoms with E-state index in [-0.39, 0.29) is 0 Å². The van der Waals surface area contributed by atoms with Gasteiger partial charge in [0, 0.05) is 13.2 Å². The Morgan fingerprint density at radius 2 is 1.70 bits per heavy atom. The van der Waals surface area contributed by atoms with Crippen LogP contribution in [-0.4, -0.2) is 11.9 Å². The van der Waals surface area contributed by atoms with Gasteiger partial charge in [-0.1, -0.05) is 48.5 Å². The van der Waals surface area contributed by atoms with Crippen LogP contribution in [0, 0.1) is 13.8 Å². The summed E-state index contributed by atoms with van der Waals surface area (Å²) < 4.78 is 0. The summed E-state index contributed by atoms with van der Waals surface area (Å²) >= 11 is 0. The molecule has 1 atom stereocenters. The first-order valence-electron chi connectivity index (χ1n) is 7.20. The minimum atomic E-state index is 0.463. The van der Waals surface area contributed by atoms with Gasteiger partial charge in [0.2, 0.25) is 0 Å². The molecule has 2 aromatic carbocycles. The van der Waals surface area contributed by atoms with Crippen LogP contribution < -0.4 is 0 Å². The van der Waals surface area contributed by atoms with E-state index >= 15 is 0 Å². The third kappa shape index (κ3) is 2.36. The predicted octanol–water partition coefficient (Wildman–Crippen LogP) is 4.72. The van der Waals surface area contributed by atoms with Crippen molar-refractivity contribution in [1.82, 2.24) is 4.90 Å². The van der Waals surface area contributed by atoms with E-state index in [0.717, 1.165) is 6.42 Å². The molecule has 2 aromatic rings. The summed E-state index contributed by atoms with van der Waals surface area (Å²) in [6, 6.07) is 18.0. The van der Waals surface area contributed by atoms with Crippen molar-refractivity contribution in [2.75, 3.05) is 7.05 Å². The molecule has 1 heterocycles. The monoisotopic (exact) mass is 263 g/mol. The van der Waals surface area contributed by atoms with Crippen LogP contribution >= 0.6 is 0 Å². The molecule has 0 saturated heterocycles. The van der Waals surface area contributed by atoms with Crippen LogP contribution in [0.15, 0.2) is 54.7 Å². The largest absolute Gasteiger partial charge is 0.373 e. The molecular weight excluding hydrogens is 242 g/mol. The number of benzene rings is 2. The standard InChI is InChI=1S/C19H21N/c1-14-9-10-17(11-15(14)2)19-12-18(13-20(19)3)16-7-5-4-6-8-16/h4-11,13,19H,12H2,1-3H3. The fourth-order valence-corrected chi connectivity index (χ4v) is 2.91. The lowest BCUT2D eigenvalue weighted by atomic mass is 9.96. The molecule has 3 rings (SSSR count). The van der Waals surface area contributed by atoms with Crippen molar-refractivity contribution in [3.8, 4) is 0 Å². The van der Waals surface area contributed by atoms with Gasteiger partial charge in [0.25, 0.3) is 0 Å². The molecule has 102 valence electrons. The van der Waals surface area contributed by atoms with Crippen LogP contribution in [0.1, 0.15) is 34.7 Å². The lowest BCUT2D eigenvalue weighted by Gasteiger charge is -2.22.